The van der Waals surface area contributed by atoms with E-state index in [-0.39, 0.29) is 11.4 Å². The minimum Gasteiger partial charge on any atom is -0.481 e. The summed E-state index contributed by atoms with van der Waals surface area (Å²) in [6, 6.07) is 6.99. The molecule has 2 rings (SSSR count). The predicted molar refractivity (Wildman–Crippen MR) is 71.6 cm³/mol. The van der Waals surface area contributed by atoms with Crippen LogP contribution in [0.25, 0.3) is 0 Å². The molecule has 1 N–H and O–H groups in total. The Morgan fingerprint density at radius 1 is 1.10 bits per heavy atom. The monoisotopic (exact) mass is 295 g/mol. The molecular formula is C15H12F3NO2. The van der Waals surface area contributed by atoms with Gasteiger partial charge in [-0.15, -0.1) is 0 Å². The second-order valence-electron chi connectivity index (χ2n) is 4.39. The predicted octanol–water partition coefficient (Wildman–Crippen LogP) is 3.43. The lowest BCUT2D eigenvalue weighted by molar-refractivity contribution is -0.118. The minimum absolute atomic E-state index is 0.0168. The highest BCUT2D eigenvalue weighted by Gasteiger charge is 2.10. The van der Waals surface area contributed by atoms with Gasteiger partial charge in [-0.05, 0) is 36.8 Å². The van der Waals surface area contributed by atoms with Gasteiger partial charge in [0.1, 0.15) is 11.6 Å². The number of carbonyl (C=O) groups excluding carboxylic acids is 1. The van der Waals surface area contributed by atoms with Gasteiger partial charge in [0.15, 0.2) is 18.2 Å². The molecule has 2 aromatic carbocycles. The smallest absolute Gasteiger partial charge is 0.262 e. The molecule has 110 valence electrons. The molecule has 0 radical (unpaired) electrons. The molecule has 1 amide bonds. The summed E-state index contributed by atoms with van der Waals surface area (Å²) in [7, 11) is 0. The first-order chi connectivity index (χ1) is 9.95. The lowest BCUT2D eigenvalue weighted by Gasteiger charge is -2.09. The Hall–Kier alpha value is -2.50. The average molecular weight is 295 g/mol. The Labute approximate surface area is 119 Å². The Balaban J connectivity index is 1.97. The van der Waals surface area contributed by atoms with Gasteiger partial charge < -0.3 is 10.1 Å². The first-order valence-corrected chi connectivity index (χ1v) is 6.09. The highest BCUT2D eigenvalue weighted by molar-refractivity contribution is 5.92. The van der Waals surface area contributed by atoms with Crippen LogP contribution in [0.4, 0.5) is 18.9 Å². The van der Waals surface area contributed by atoms with Crippen molar-refractivity contribution in [2.45, 2.75) is 6.92 Å². The average Bonchev–Trinajstić information content (AvgIpc) is 2.42. The maximum absolute atomic E-state index is 13.4. The summed E-state index contributed by atoms with van der Waals surface area (Å²) in [6.45, 7) is 1.23. The van der Waals surface area contributed by atoms with Crippen molar-refractivity contribution in [1.29, 1.82) is 0 Å². The van der Waals surface area contributed by atoms with E-state index >= 15 is 0 Å². The molecule has 0 fully saturated rings. The summed E-state index contributed by atoms with van der Waals surface area (Å²) >= 11 is 0. The normalized spacial score (nSPS) is 10.3. The van der Waals surface area contributed by atoms with Gasteiger partial charge in [-0.2, -0.15) is 0 Å². The maximum atomic E-state index is 13.4. The lowest BCUT2D eigenvalue weighted by atomic mass is 10.2. The fraction of sp³-hybridized carbons (Fsp3) is 0.133. The van der Waals surface area contributed by atoms with Crippen LogP contribution in [0.5, 0.6) is 5.75 Å². The standard InChI is InChI=1S/C15H12F3NO2/c1-9-2-4-11(17)13(6-9)19-15(20)8-21-14-5-3-10(16)7-12(14)18/h2-7H,8H2,1H3,(H,19,20). The maximum Gasteiger partial charge on any atom is 0.262 e. The van der Waals surface area contributed by atoms with Crippen molar-refractivity contribution in [1.82, 2.24) is 0 Å². The Kier molecular flexibility index (Phi) is 4.47. The topological polar surface area (TPSA) is 38.3 Å². The molecule has 6 heteroatoms. The van der Waals surface area contributed by atoms with Gasteiger partial charge in [-0.1, -0.05) is 6.07 Å². The number of carbonyl (C=O) groups is 1. The zero-order chi connectivity index (χ0) is 15.4. The van der Waals surface area contributed by atoms with Crippen LogP contribution in [0, 0.1) is 24.4 Å². The van der Waals surface area contributed by atoms with Crippen molar-refractivity contribution >= 4 is 11.6 Å². The fourth-order valence-electron chi connectivity index (χ4n) is 1.66. The van der Waals surface area contributed by atoms with Gasteiger partial charge in [-0.3, -0.25) is 4.79 Å². The molecule has 0 heterocycles. The third-order valence-electron chi connectivity index (χ3n) is 2.65. The van der Waals surface area contributed by atoms with Crippen LogP contribution in [0.15, 0.2) is 36.4 Å². The molecule has 0 saturated carbocycles. The Morgan fingerprint density at radius 3 is 2.57 bits per heavy atom. The zero-order valence-corrected chi connectivity index (χ0v) is 11.1. The third kappa shape index (κ3) is 3.98. The molecule has 0 aromatic heterocycles. The highest BCUT2D eigenvalue weighted by Crippen LogP contribution is 2.18. The van der Waals surface area contributed by atoms with Gasteiger partial charge in [0.2, 0.25) is 0 Å². The number of benzene rings is 2. The van der Waals surface area contributed by atoms with E-state index in [1.165, 1.54) is 12.1 Å². The van der Waals surface area contributed by atoms with Crippen LogP contribution in [0.3, 0.4) is 0 Å². The van der Waals surface area contributed by atoms with E-state index in [4.69, 9.17) is 4.74 Å². The number of amides is 1. The quantitative estimate of drug-likeness (QED) is 0.938. The summed E-state index contributed by atoms with van der Waals surface area (Å²) < 4.78 is 44.4. The van der Waals surface area contributed by atoms with E-state index in [0.717, 1.165) is 17.7 Å². The zero-order valence-electron chi connectivity index (χ0n) is 11.1. The van der Waals surface area contributed by atoms with E-state index < -0.39 is 30.0 Å². The molecule has 0 bridgehead atoms. The van der Waals surface area contributed by atoms with Crippen LogP contribution in [0.2, 0.25) is 0 Å². The first-order valence-electron chi connectivity index (χ1n) is 6.09. The Morgan fingerprint density at radius 2 is 1.86 bits per heavy atom. The SMILES string of the molecule is Cc1ccc(F)c(NC(=O)COc2ccc(F)cc2F)c1. The molecule has 2 aromatic rings. The first kappa shape index (κ1) is 14.9. The minimum atomic E-state index is -0.912. The van der Waals surface area contributed by atoms with Gasteiger partial charge in [0.05, 0.1) is 5.69 Å². The van der Waals surface area contributed by atoms with E-state index in [2.05, 4.69) is 5.32 Å². The van der Waals surface area contributed by atoms with Gasteiger partial charge in [-0.25, -0.2) is 13.2 Å². The van der Waals surface area contributed by atoms with Crippen molar-refractivity contribution in [3.8, 4) is 5.75 Å². The highest BCUT2D eigenvalue weighted by atomic mass is 19.1. The lowest BCUT2D eigenvalue weighted by Crippen LogP contribution is -2.21. The van der Waals surface area contributed by atoms with E-state index in [9.17, 15) is 18.0 Å². The van der Waals surface area contributed by atoms with Crippen molar-refractivity contribution in [2.75, 3.05) is 11.9 Å². The van der Waals surface area contributed by atoms with Gasteiger partial charge in [0, 0.05) is 6.07 Å². The molecular weight excluding hydrogens is 283 g/mol. The van der Waals surface area contributed by atoms with Crippen LogP contribution in [-0.2, 0) is 4.79 Å². The fourth-order valence-corrected chi connectivity index (χ4v) is 1.66. The van der Waals surface area contributed by atoms with Crippen molar-refractivity contribution < 1.29 is 22.7 Å². The molecule has 0 unspecified atom stereocenters. The molecule has 0 aliphatic carbocycles. The number of nitrogens with one attached hydrogen (secondary N) is 1. The number of halogens is 3. The Bertz CT molecular complexity index is 674. The summed E-state index contributed by atoms with van der Waals surface area (Å²) in [4.78, 5) is 11.6. The molecule has 0 atom stereocenters. The summed E-state index contributed by atoms with van der Waals surface area (Å²) in [5.41, 5.74) is 0.792. The number of hydrogen-bond acceptors (Lipinski definition) is 2. The largest absolute Gasteiger partial charge is 0.481 e. The van der Waals surface area contributed by atoms with Crippen molar-refractivity contribution in [3.63, 3.8) is 0 Å². The van der Waals surface area contributed by atoms with Crippen LogP contribution >= 0.6 is 0 Å². The van der Waals surface area contributed by atoms with Crippen LogP contribution in [0.1, 0.15) is 5.56 Å². The van der Waals surface area contributed by atoms with Crippen LogP contribution in [-0.4, -0.2) is 12.5 Å². The second kappa shape index (κ2) is 6.30. The summed E-state index contributed by atoms with van der Waals surface area (Å²) in [6.07, 6.45) is 0. The van der Waals surface area contributed by atoms with Crippen LogP contribution < -0.4 is 10.1 Å². The second-order valence-corrected chi connectivity index (χ2v) is 4.39. The molecule has 0 spiro atoms. The molecule has 0 saturated heterocycles. The van der Waals surface area contributed by atoms with E-state index in [1.807, 2.05) is 0 Å². The third-order valence-corrected chi connectivity index (χ3v) is 2.65. The summed E-state index contributed by atoms with van der Waals surface area (Å²) in [5, 5.41) is 2.32. The molecule has 21 heavy (non-hydrogen) atoms. The van der Waals surface area contributed by atoms with Gasteiger partial charge >= 0.3 is 0 Å². The number of ether oxygens (including phenoxy) is 1. The van der Waals surface area contributed by atoms with Crippen molar-refractivity contribution in [2.24, 2.45) is 0 Å². The number of rotatable bonds is 4. The van der Waals surface area contributed by atoms with Crippen molar-refractivity contribution in [3.05, 3.63) is 59.4 Å². The number of hydrogen-bond donors (Lipinski definition) is 1. The molecule has 0 aliphatic rings. The number of anilines is 1. The van der Waals surface area contributed by atoms with E-state index in [1.54, 1.807) is 13.0 Å². The van der Waals surface area contributed by atoms with Gasteiger partial charge in [0.25, 0.3) is 5.91 Å². The number of aryl methyl sites for hydroxylation is 1. The molecule has 0 aliphatic heterocycles. The van der Waals surface area contributed by atoms with E-state index in [0.29, 0.717) is 6.07 Å². The summed E-state index contributed by atoms with van der Waals surface area (Å²) in [5.74, 6) is -3.14. The molecule has 3 nitrogen and oxygen atoms in total.